The fourth-order valence-corrected chi connectivity index (χ4v) is 3.71. The van der Waals surface area contributed by atoms with E-state index in [0.717, 1.165) is 37.6 Å². The highest BCUT2D eigenvalue weighted by molar-refractivity contribution is 6.30. The van der Waals surface area contributed by atoms with Crippen molar-refractivity contribution < 1.29 is 9.21 Å². The summed E-state index contributed by atoms with van der Waals surface area (Å²) in [6.07, 6.45) is 8.31. The van der Waals surface area contributed by atoms with Crippen molar-refractivity contribution in [1.82, 2.24) is 9.80 Å². The monoisotopic (exact) mass is 386 g/mol. The minimum absolute atomic E-state index is 0.0182. The summed E-state index contributed by atoms with van der Waals surface area (Å²) in [4.78, 5) is 16.6. The van der Waals surface area contributed by atoms with Crippen LogP contribution < -0.4 is 0 Å². The SMILES string of the molecule is CN(CC1CCCN(CCc2ccc(Cl)cc2)C1)C(=O)/C=C/c1ccco1. The van der Waals surface area contributed by atoms with E-state index in [0.29, 0.717) is 11.7 Å². The van der Waals surface area contributed by atoms with Crippen molar-refractivity contribution in [2.24, 2.45) is 5.92 Å². The average molecular weight is 387 g/mol. The molecular formula is C22H27ClN2O2. The molecule has 0 bridgehead atoms. The van der Waals surface area contributed by atoms with E-state index in [4.69, 9.17) is 16.0 Å². The standard InChI is InChI=1S/C22H27ClN2O2/c1-24(22(26)11-10-21-5-3-15-27-21)16-19-4-2-13-25(17-19)14-12-18-6-8-20(23)9-7-18/h3,5-11,15,19H,2,4,12-14,16-17H2,1H3/b11-10+. The summed E-state index contributed by atoms with van der Waals surface area (Å²) in [5.41, 5.74) is 1.32. The van der Waals surface area contributed by atoms with E-state index < -0.39 is 0 Å². The molecule has 144 valence electrons. The second-order valence-corrected chi connectivity index (χ2v) is 7.69. The van der Waals surface area contributed by atoms with Gasteiger partial charge in [-0.15, -0.1) is 0 Å². The largest absolute Gasteiger partial charge is 0.465 e. The van der Waals surface area contributed by atoms with Gasteiger partial charge in [0.2, 0.25) is 5.91 Å². The molecule has 1 aromatic heterocycles. The number of rotatable bonds is 7. The summed E-state index contributed by atoms with van der Waals surface area (Å²) in [5.74, 6) is 1.24. The first-order valence-corrected chi connectivity index (χ1v) is 9.91. The molecule has 1 amide bonds. The van der Waals surface area contributed by atoms with E-state index >= 15 is 0 Å². The Morgan fingerprint density at radius 3 is 2.89 bits per heavy atom. The number of furan rings is 1. The molecule has 2 aromatic rings. The van der Waals surface area contributed by atoms with Crippen LogP contribution in [0.3, 0.4) is 0 Å². The maximum atomic E-state index is 12.3. The Balaban J connectivity index is 1.44. The zero-order chi connectivity index (χ0) is 19.1. The van der Waals surface area contributed by atoms with Crippen LogP contribution in [0.15, 0.2) is 53.2 Å². The van der Waals surface area contributed by atoms with Gasteiger partial charge in [0.25, 0.3) is 0 Å². The third-order valence-corrected chi connectivity index (χ3v) is 5.33. The molecule has 1 atom stereocenters. The van der Waals surface area contributed by atoms with Crippen molar-refractivity contribution in [3.63, 3.8) is 0 Å². The van der Waals surface area contributed by atoms with E-state index in [-0.39, 0.29) is 5.91 Å². The zero-order valence-corrected chi connectivity index (χ0v) is 16.6. The lowest BCUT2D eigenvalue weighted by Crippen LogP contribution is -2.42. The van der Waals surface area contributed by atoms with Gasteiger partial charge < -0.3 is 14.2 Å². The van der Waals surface area contributed by atoms with Crippen molar-refractivity contribution in [3.8, 4) is 0 Å². The van der Waals surface area contributed by atoms with Gasteiger partial charge in [0, 0.05) is 37.8 Å². The van der Waals surface area contributed by atoms with Crippen molar-refractivity contribution in [2.45, 2.75) is 19.3 Å². The fourth-order valence-electron chi connectivity index (χ4n) is 3.59. The molecule has 27 heavy (non-hydrogen) atoms. The molecule has 3 rings (SSSR count). The predicted molar refractivity (Wildman–Crippen MR) is 110 cm³/mol. The summed E-state index contributed by atoms with van der Waals surface area (Å²) in [6, 6.07) is 11.8. The first-order valence-electron chi connectivity index (χ1n) is 9.53. The van der Waals surface area contributed by atoms with Crippen LogP contribution >= 0.6 is 11.6 Å². The molecule has 1 saturated heterocycles. The van der Waals surface area contributed by atoms with Gasteiger partial charge in [-0.1, -0.05) is 23.7 Å². The zero-order valence-electron chi connectivity index (χ0n) is 15.8. The van der Waals surface area contributed by atoms with Crippen LogP contribution in [0.25, 0.3) is 6.08 Å². The number of carbonyl (C=O) groups excluding carboxylic acids is 1. The number of nitrogens with zero attached hydrogens (tertiary/aromatic N) is 2. The molecule has 0 saturated carbocycles. The third-order valence-electron chi connectivity index (χ3n) is 5.07. The lowest BCUT2D eigenvalue weighted by molar-refractivity contribution is -0.125. The van der Waals surface area contributed by atoms with Crippen LogP contribution in [-0.4, -0.2) is 48.9 Å². The summed E-state index contributed by atoms with van der Waals surface area (Å²) >= 11 is 5.95. The van der Waals surface area contributed by atoms with Crippen LogP contribution in [0.5, 0.6) is 0 Å². The third kappa shape index (κ3) is 6.26. The molecule has 1 aliphatic rings. The number of hydrogen-bond donors (Lipinski definition) is 0. The normalized spacial score (nSPS) is 18.1. The van der Waals surface area contributed by atoms with Crippen LogP contribution in [0.4, 0.5) is 0 Å². The number of likely N-dealkylation sites (tertiary alicyclic amines) is 1. The highest BCUT2D eigenvalue weighted by atomic mass is 35.5. The van der Waals surface area contributed by atoms with Gasteiger partial charge in [-0.3, -0.25) is 4.79 Å². The molecule has 2 heterocycles. The van der Waals surface area contributed by atoms with E-state index in [1.54, 1.807) is 18.4 Å². The number of hydrogen-bond acceptors (Lipinski definition) is 3. The Morgan fingerprint density at radius 1 is 1.33 bits per heavy atom. The van der Waals surface area contributed by atoms with Gasteiger partial charge in [-0.25, -0.2) is 0 Å². The van der Waals surface area contributed by atoms with E-state index in [1.165, 1.54) is 18.4 Å². The lowest BCUT2D eigenvalue weighted by atomic mass is 9.97. The van der Waals surface area contributed by atoms with E-state index in [9.17, 15) is 4.79 Å². The van der Waals surface area contributed by atoms with Gasteiger partial charge in [-0.2, -0.15) is 0 Å². The van der Waals surface area contributed by atoms with Crippen LogP contribution in [0.2, 0.25) is 5.02 Å². The van der Waals surface area contributed by atoms with Crippen LogP contribution in [-0.2, 0) is 11.2 Å². The first kappa shape index (κ1) is 19.7. The first-order chi connectivity index (χ1) is 13.1. The molecule has 0 spiro atoms. The Kier molecular flexibility index (Phi) is 7.13. The number of benzene rings is 1. The quantitative estimate of drug-likeness (QED) is 0.663. The van der Waals surface area contributed by atoms with Gasteiger partial charge in [0.15, 0.2) is 0 Å². The van der Waals surface area contributed by atoms with Gasteiger partial charge >= 0.3 is 0 Å². The van der Waals surface area contributed by atoms with Gasteiger partial charge in [0.05, 0.1) is 6.26 Å². The molecule has 4 nitrogen and oxygen atoms in total. The van der Waals surface area contributed by atoms with Crippen molar-refractivity contribution in [3.05, 3.63) is 65.1 Å². The number of halogens is 1. The molecular weight excluding hydrogens is 360 g/mol. The Labute approximate surface area is 166 Å². The second kappa shape index (κ2) is 9.77. The van der Waals surface area contributed by atoms with Crippen molar-refractivity contribution in [1.29, 1.82) is 0 Å². The summed E-state index contributed by atoms with van der Waals surface area (Å²) in [7, 11) is 1.88. The second-order valence-electron chi connectivity index (χ2n) is 7.25. The van der Waals surface area contributed by atoms with Crippen LogP contribution in [0.1, 0.15) is 24.2 Å². The molecule has 5 heteroatoms. The van der Waals surface area contributed by atoms with Crippen molar-refractivity contribution >= 4 is 23.6 Å². The highest BCUT2D eigenvalue weighted by Crippen LogP contribution is 2.18. The van der Waals surface area contributed by atoms with E-state index in [1.807, 2.05) is 36.2 Å². The number of piperidine rings is 1. The topological polar surface area (TPSA) is 36.7 Å². The summed E-state index contributed by atoms with van der Waals surface area (Å²) in [5, 5.41) is 0.783. The molecule has 0 aliphatic carbocycles. The highest BCUT2D eigenvalue weighted by Gasteiger charge is 2.22. The Bertz CT molecular complexity index is 740. The van der Waals surface area contributed by atoms with Crippen LogP contribution in [0, 0.1) is 5.92 Å². The molecule has 1 unspecified atom stereocenters. The maximum Gasteiger partial charge on any atom is 0.246 e. The summed E-state index contributed by atoms with van der Waals surface area (Å²) < 4.78 is 5.23. The number of carbonyl (C=O) groups is 1. The Morgan fingerprint density at radius 2 is 2.15 bits per heavy atom. The number of likely N-dealkylation sites (N-methyl/N-ethyl adjacent to an activating group) is 1. The molecule has 0 radical (unpaired) electrons. The maximum absolute atomic E-state index is 12.3. The van der Waals surface area contributed by atoms with Gasteiger partial charge in [-0.05, 0) is 67.6 Å². The fraction of sp³-hybridized carbons (Fsp3) is 0.409. The molecule has 1 aliphatic heterocycles. The molecule has 1 aromatic carbocycles. The lowest BCUT2D eigenvalue weighted by Gasteiger charge is -2.34. The summed E-state index contributed by atoms with van der Waals surface area (Å²) in [6.45, 7) is 4.03. The number of amides is 1. The van der Waals surface area contributed by atoms with Gasteiger partial charge in [0.1, 0.15) is 5.76 Å². The minimum atomic E-state index is 0.0182. The minimum Gasteiger partial charge on any atom is -0.465 e. The average Bonchev–Trinajstić information content (AvgIpc) is 3.19. The molecule has 0 N–H and O–H groups in total. The Hall–Kier alpha value is -2.04. The van der Waals surface area contributed by atoms with E-state index in [2.05, 4.69) is 17.0 Å². The predicted octanol–water partition coefficient (Wildman–Crippen LogP) is 4.36. The molecule has 1 fully saturated rings. The smallest absolute Gasteiger partial charge is 0.246 e. The van der Waals surface area contributed by atoms with Crippen molar-refractivity contribution in [2.75, 3.05) is 33.2 Å².